The molecule has 0 aliphatic carbocycles. The zero-order chi connectivity index (χ0) is 14.3. The van der Waals surface area contributed by atoms with Crippen LogP contribution < -0.4 is 5.32 Å². The van der Waals surface area contributed by atoms with Crippen molar-refractivity contribution in [1.29, 1.82) is 0 Å². The molecule has 0 saturated heterocycles. The van der Waals surface area contributed by atoms with E-state index in [9.17, 15) is 0 Å². The van der Waals surface area contributed by atoms with Gasteiger partial charge in [-0.2, -0.15) is 0 Å². The van der Waals surface area contributed by atoms with Crippen LogP contribution in [0, 0.1) is 18.8 Å². The molecule has 1 unspecified atom stereocenters. The molecule has 2 heteroatoms. The minimum Gasteiger partial charge on any atom is -0.316 e. The van der Waals surface area contributed by atoms with Crippen LogP contribution in [0.25, 0.3) is 0 Å². The average molecular weight is 262 g/mol. The van der Waals surface area contributed by atoms with Crippen molar-refractivity contribution in [3.8, 4) is 0 Å². The lowest BCUT2D eigenvalue weighted by atomic mass is 10.1. The summed E-state index contributed by atoms with van der Waals surface area (Å²) < 4.78 is 0. The van der Waals surface area contributed by atoms with Gasteiger partial charge < -0.3 is 10.2 Å². The Morgan fingerprint density at radius 1 is 1.05 bits per heavy atom. The predicted octanol–water partition coefficient (Wildman–Crippen LogP) is 3.31. The van der Waals surface area contributed by atoms with E-state index in [1.807, 2.05) is 0 Å². The highest BCUT2D eigenvalue weighted by atomic mass is 15.1. The third-order valence-electron chi connectivity index (χ3n) is 3.24. The number of hydrogen-bond donors (Lipinski definition) is 1. The summed E-state index contributed by atoms with van der Waals surface area (Å²) in [6.45, 7) is 13.4. The minimum atomic E-state index is 0.689. The lowest BCUT2D eigenvalue weighted by Gasteiger charge is -2.22. The molecule has 0 bridgehead atoms. The quantitative estimate of drug-likeness (QED) is 0.773. The normalized spacial score (nSPS) is 13.2. The van der Waals surface area contributed by atoms with Crippen molar-refractivity contribution in [3.63, 3.8) is 0 Å². The molecule has 1 N–H and O–H groups in total. The van der Waals surface area contributed by atoms with Gasteiger partial charge in [-0.1, -0.05) is 50.6 Å². The Labute approximate surface area is 119 Å². The van der Waals surface area contributed by atoms with Gasteiger partial charge in [-0.05, 0) is 44.5 Å². The minimum absolute atomic E-state index is 0.689. The van der Waals surface area contributed by atoms with Gasteiger partial charge in [-0.25, -0.2) is 0 Å². The van der Waals surface area contributed by atoms with Gasteiger partial charge in [0.1, 0.15) is 0 Å². The van der Waals surface area contributed by atoms with Crippen molar-refractivity contribution >= 4 is 0 Å². The van der Waals surface area contributed by atoms with Gasteiger partial charge in [0.15, 0.2) is 0 Å². The molecule has 0 aromatic heterocycles. The van der Waals surface area contributed by atoms with Crippen LogP contribution in [-0.4, -0.2) is 31.6 Å². The highest BCUT2D eigenvalue weighted by molar-refractivity contribution is 5.21. The number of rotatable bonds is 8. The molecule has 1 aromatic carbocycles. The summed E-state index contributed by atoms with van der Waals surface area (Å²) in [7, 11) is 2.21. The summed E-state index contributed by atoms with van der Waals surface area (Å²) in [5.41, 5.74) is 2.73. The largest absolute Gasteiger partial charge is 0.316 e. The van der Waals surface area contributed by atoms with E-state index < -0.39 is 0 Å². The maximum atomic E-state index is 3.53. The Balaban J connectivity index is 2.26. The highest BCUT2D eigenvalue weighted by Crippen LogP contribution is 2.07. The van der Waals surface area contributed by atoms with Crippen LogP contribution in [0.4, 0.5) is 0 Å². The second-order valence-corrected chi connectivity index (χ2v) is 6.34. The fraction of sp³-hybridized carbons (Fsp3) is 0.647. The molecule has 0 saturated carbocycles. The van der Waals surface area contributed by atoms with Gasteiger partial charge in [-0.15, -0.1) is 0 Å². The first-order valence-electron chi connectivity index (χ1n) is 7.42. The molecule has 19 heavy (non-hydrogen) atoms. The zero-order valence-corrected chi connectivity index (χ0v) is 13.2. The molecule has 108 valence electrons. The molecular weight excluding hydrogens is 232 g/mol. The van der Waals surface area contributed by atoms with Crippen molar-refractivity contribution in [2.24, 2.45) is 11.8 Å². The van der Waals surface area contributed by atoms with Crippen LogP contribution >= 0.6 is 0 Å². The lowest BCUT2D eigenvalue weighted by Crippen LogP contribution is -2.32. The van der Waals surface area contributed by atoms with E-state index in [0.717, 1.165) is 32.1 Å². The summed E-state index contributed by atoms with van der Waals surface area (Å²) in [6.07, 6.45) is 0. The summed E-state index contributed by atoms with van der Waals surface area (Å²) in [5.74, 6) is 1.42. The Morgan fingerprint density at radius 2 is 1.68 bits per heavy atom. The third kappa shape index (κ3) is 7.34. The Hall–Kier alpha value is -0.860. The smallest absolute Gasteiger partial charge is 0.0230 e. The van der Waals surface area contributed by atoms with Crippen LogP contribution in [-0.2, 0) is 6.54 Å². The van der Waals surface area contributed by atoms with E-state index in [-0.39, 0.29) is 0 Å². The van der Waals surface area contributed by atoms with Crippen molar-refractivity contribution in [1.82, 2.24) is 10.2 Å². The molecule has 0 amide bonds. The summed E-state index contributed by atoms with van der Waals surface area (Å²) in [6, 6.07) is 8.84. The third-order valence-corrected chi connectivity index (χ3v) is 3.24. The first-order valence-corrected chi connectivity index (χ1v) is 7.42. The van der Waals surface area contributed by atoms with Crippen LogP contribution in [0.2, 0.25) is 0 Å². The van der Waals surface area contributed by atoms with E-state index >= 15 is 0 Å². The molecule has 0 spiro atoms. The first-order chi connectivity index (χ1) is 8.97. The molecule has 0 radical (unpaired) electrons. The molecule has 2 nitrogen and oxygen atoms in total. The molecule has 0 aliphatic heterocycles. The van der Waals surface area contributed by atoms with Crippen LogP contribution in [0.15, 0.2) is 24.3 Å². The molecule has 1 rings (SSSR count). The number of nitrogens with zero attached hydrogens (tertiary/aromatic N) is 1. The molecular formula is C17H30N2. The fourth-order valence-corrected chi connectivity index (χ4v) is 2.28. The van der Waals surface area contributed by atoms with E-state index in [4.69, 9.17) is 0 Å². The van der Waals surface area contributed by atoms with Gasteiger partial charge in [0, 0.05) is 13.1 Å². The van der Waals surface area contributed by atoms with Gasteiger partial charge in [0.25, 0.3) is 0 Å². The van der Waals surface area contributed by atoms with E-state index in [0.29, 0.717) is 5.92 Å². The van der Waals surface area contributed by atoms with Gasteiger partial charge in [0.2, 0.25) is 0 Å². The number of nitrogens with one attached hydrogen (secondary N) is 1. The van der Waals surface area contributed by atoms with Crippen molar-refractivity contribution < 1.29 is 0 Å². The van der Waals surface area contributed by atoms with Crippen molar-refractivity contribution in [2.75, 3.05) is 26.7 Å². The highest BCUT2D eigenvalue weighted by Gasteiger charge is 2.07. The molecule has 1 aromatic rings. The van der Waals surface area contributed by atoms with Gasteiger partial charge in [0.05, 0.1) is 0 Å². The number of hydrogen-bond acceptors (Lipinski definition) is 2. The van der Waals surface area contributed by atoms with Crippen LogP contribution in [0.5, 0.6) is 0 Å². The molecule has 0 aliphatic rings. The van der Waals surface area contributed by atoms with Crippen LogP contribution in [0.1, 0.15) is 31.9 Å². The van der Waals surface area contributed by atoms with Crippen LogP contribution in [0.3, 0.4) is 0 Å². The predicted molar refractivity (Wildman–Crippen MR) is 84.4 cm³/mol. The Kier molecular flexibility index (Phi) is 7.11. The monoisotopic (exact) mass is 262 g/mol. The summed E-state index contributed by atoms with van der Waals surface area (Å²) >= 11 is 0. The summed E-state index contributed by atoms with van der Waals surface area (Å²) in [5, 5.41) is 3.53. The standard InChI is InChI=1S/C17H30N2/c1-14(2)10-18-11-16(4)12-19(5)13-17-8-6-15(3)7-9-17/h6-9,14,16,18H,10-13H2,1-5H3. The fourth-order valence-electron chi connectivity index (χ4n) is 2.28. The summed E-state index contributed by atoms with van der Waals surface area (Å²) in [4.78, 5) is 2.41. The molecule has 0 fully saturated rings. The van der Waals surface area contributed by atoms with Gasteiger partial charge >= 0.3 is 0 Å². The second kappa shape index (κ2) is 8.34. The molecule has 0 heterocycles. The average Bonchev–Trinajstić information content (AvgIpc) is 2.31. The number of aryl methyl sites for hydroxylation is 1. The molecule has 1 atom stereocenters. The maximum absolute atomic E-state index is 3.53. The van der Waals surface area contributed by atoms with E-state index in [2.05, 4.69) is 69.2 Å². The van der Waals surface area contributed by atoms with E-state index in [1.54, 1.807) is 0 Å². The van der Waals surface area contributed by atoms with E-state index in [1.165, 1.54) is 11.1 Å². The topological polar surface area (TPSA) is 15.3 Å². The maximum Gasteiger partial charge on any atom is 0.0230 e. The Morgan fingerprint density at radius 3 is 2.26 bits per heavy atom. The Bertz CT molecular complexity index is 343. The SMILES string of the molecule is Cc1ccc(CN(C)CC(C)CNCC(C)C)cc1. The lowest BCUT2D eigenvalue weighted by molar-refractivity contribution is 0.272. The van der Waals surface area contributed by atoms with Crippen molar-refractivity contribution in [2.45, 2.75) is 34.2 Å². The zero-order valence-electron chi connectivity index (χ0n) is 13.2. The number of benzene rings is 1. The van der Waals surface area contributed by atoms with Crippen molar-refractivity contribution in [3.05, 3.63) is 35.4 Å². The van der Waals surface area contributed by atoms with Gasteiger partial charge in [-0.3, -0.25) is 0 Å². The first kappa shape index (κ1) is 16.2. The second-order valence-electron chi connectivity index (χ2n) is 6.34.